The lowest BCUT2D eigenvalue weighted by atomic mass is 10.2. The van der Waals surface area contributed by atoms with Crippen LogP contribution in [-0.4, -0.2) is 27.2 Å². The zero-order valence-electron chi connectivity index (χ0n) is 11.0. The second-order valence-corrected chi connectivity index (χ2v) is 3.95. The highest BCUT2D eigenvalue weighted by Gasteiger charge is 2.30. The van der Waals surface area contributed by atoms with E-state index >= 15 is 0 Å². The molecule has 16 heavy (non-hydrogen) atoms. The van der Waals surface area contributed by atoms with E-state index in [1.165, 1.54) is 0 Å². The van der Waals surface area contributed by atoms with Crippen molar-refractivity contribution in [2.75, 3.05) is 13.2 Å². The van der Waals surface area contributed by atoms with Crippen LogP contribution in [0.1, 0.15) is 59.3 Å². The van der Waals surface area contributed by atoms with E-state index in [9.17, 15) is 0 Å². The van der Waals surface area contributed by atoms with E-state index in [4.69, 9.17) is 22.2 Å². The zero-order chi connectivity index (χ0) is 12.3. The fourth-order valence-corrected chi connectivity index (χ4v) is 1.36. The van der Waals surface area contributed by atoms with E-state index in [2.05, 4.69) is 20.8 Å². The zero-order valence-corrected chi connectivity index (χ0v) is 11.0. The SMILES string of the molecule is [B]OC(CCC)(OCCCC)OCCCC. The minimum absolute atomic E-state index is 0.625. The Kier molecular flexibility index (Phi) is 10.1. The maximum absolute atomic E-state index is 5.64. The third kappa shape index (κ3) is 6.51. The van der Waals surface area contributed by atoms with Crippen molar-refractivity contribution in [2.24, 2.45) is 0 Å². The average Bonchev–Trinajstić information content (AvgIpc) is 2.29. The van der Waals surface area contributed by atoms with Gasteiger partial charge in [0, 0.05) is 6.42 Å². The van der Waals surface area contributed by atoms with Crippen LogP contribution in [0.25, 0.3) is 0 Å². The molecule has 0 saturated carbocycles. The van der Waals surface area contributed by atoms with Crippen molar-refractivity contribution in [3.8, 4) is 0 Å². The van der Waals surface area contributed by atoms with Crippen molar-refractivity contribution < 1.29 is 14.1 Å². The third-order valence-electron chi connectivity index (χ3n) is 2.38. The van der Waals surface area contributed by atoms with Gasteiger partial charge in [-0.05, 0) is 19.3 Å². The number of hydrogen-bond donors (Lipinski definition) is 0. The summed E-state index contributed by atoms with van der Waals surface area (Å²) in [6.07, 6.45) is 5.73. The Morgan fingerprint density at radius 3 is 1.69 bits per heavy atom. The summed E-state index contributed by atoms with van der Waals surface area (Å²) in [5.41, 5.74) is 0. The van der Waals surface area contributed by atoms with E-state index in [-0.39, 0.29) is 0 Å². The Balaban J connectivity index is 4.09. The summed E-state index contributed by atoms with van der Waals surface area (Å²) in [5, 5.41) is 0. The van der Waals surface area contributed by atoms with E-state index in [1.807, 2.05) is 0 Å². The lowest BCUT2D eigenvalue weighted by Crippen LogP contribution is -2.39. The number of hydrogen-bond acceptors (Lipinski definition) is 3. The molecule has 0 heterocycles. The molecule has 0 aliphatic carbocycles. The molecule has 0 aliphatic heterocycles. The molecule has 0 atom stereocenters. The van der Waals surface area contributed by atoms with E-state index in [1.54, 1.807) is 0 Å². The molecule has 0 aromatic heterocycles. The monoisotopic (exact) mass is 228 g/mol. The fourth-order valence-electron chi connectivity index (χ4n) is 1.36. The Morgan fingerprint density at radius 2 is 1.38 bits per heavy atom. The van der Waals surface area contributed by atoms with Crippen LogP contribution in [0.3, 0.4) is 0 Å². The summed E-state index contributed by atoms with van der Waals surface area (Å²) >= 11 is 0. The highest BCUT2D eigenvalue weighted by molar-refractivity contribution is 5.98. The molecule has 0 aromatic rings. The minimum Gasteiger partial charge on any atom is -0.401 e. The van der Waals surface area contributed by atoms with Gasteiger partial charge in [0.05, 0.1) is 13.2 Å². The van der Waals surface area contributed by atoms with Crippen LogP contribution in [0.15, 0.2) is 0 Å². The quantitative estimate of drug-likeness (QED) is 0.309. The number of ether oxygens (including phenoxy) is 2. The largest absolute Gasteiger partial charge is 0.401 e. The van der Waals surface area contributed by atoms with Crippen molar-refractivity contribution in [3.63, 3.8) is 0 Å². The molecule has 0 fully saturated rings. The van der Waals surface area contributed by atoms with Gasteiger partial charge in [-0.25, -0.2) is 0 Å². The molecule has 3 nitrogen and oxygen atoms in total. The lowest BCUT2D eigenvalue weighted by Gasteiger charge is -2.32. The Hall–Kier alpha value is -0.0551. The summed E-state index contributed by atoms with van der Waals surface area (Å²) in [6, 6.07) is 0. The van der Waals surface area contributed by atoms with Crippen molar-refractivity contribution in [3.05, 3.63) is 0 Å². The van der Waals surface area contributed by atoms with Crippen molar-refractivity contribution in [1.29, 1.82) is 0 Å². The molecule has 0 amide bonds. The van der Waals surface area contributed by atoms with Crippen molar-refractivity contribution in [2.45, 2.75) is 65.3 Å². The van der Waals surface area contributed by atoms with Gasteiger partial charge >= 0.3 is 0 Å². The average molecular weight is 228 g/mol. The predicted octanol–water partition coefficient (Wildman–Crippen LogP) is 3.17. The summed E-state index contributed by atoms with van der Waals surface area (Å²) in [4.78, 5) is 0. The van der Waals surface area contributed by atoms with Gasteiger partial charge in [0.2, 0.25) is 0 Å². The van der Waals surface area contributed by atoms with Gasteiger partial charge in [0.25, 0.3) is 14.0 Å². The second kappa shape index (κ2) is 10.1. The van der Waals surface area contributed by atoms with Gasteiger partial charge in [-0.1, -0.05) is 33.6 Å². The molecule has 0 unspecified atom stereocenters. The van der Waals surface area contributed by atoms with Gasteiger partial charge in [0.1, 0.15) is 0 Å². The van der Waals surface area contributed by atoms with E-state index in [0.717, 1.165) is 32.1 Å². The summed E-state index contributed by atoms with van der Waals surface area (Å²) in [6.45, 7) is 7.54. The van der Waals surface area contributed by atoms with Crippen LogP contribution < -0.4 is 0 Å². The molecule has 0 N–H and O–H groups in total. The van der Waals surface area contributed by atoms with Crippen molar-refractivity contribution in [1.82, 2.24) is 0 Å². The van der Waals surface area contributed by atoms with Gasteiger partial charge in [-0.15, -0.1) is 0 Å². The molecule has 0 saturated heterocycles. The Bertz CT molecular complexity index is 143. The maximum atomic E-state index is 5.64. The van der Waals surface area contributed by atoms with Crippen LogP contribution in [0.5, 0.6) is 0 Å². The minimum atomic E-state index is -1.03. The van der Waals surface area contributed by atoms with E-state index in [0.29, 0.717) is 19.6 Å². The first-order chi connectivity index (χ1) is 7.74. The lowest BCUT2D eigenvalue weighted by molar-refractivity contribution is -0.347. The van der Waals surface area contributed by atoms with Gasteiger partial charge in [-0.3, -0.25) is 0 Å². The Labute approximate surface area is 101 Å². The topological polar surface area (TPSA) is 27.7 Å². The van der Waals surface area contributed by atoms with Gasteiger partial charge in [0.15, 0.2) is 0 Å². The predicted molar refractivity (Wildman–Crippen MR) is 66.2 cm³/mol. The van der Waals surface area contributed by atoms with Gasteiger partial charge in [-0.2, -0.15) is 0 Å². The molecule has 4 heteroatoms. The molecule has 0 aromatic carbocycles. The molecule has 2 radical (unpaired) electrons. The van der Waals surface area contributed by atoms with Gasteiger partial charge < -0.3 is 14.1 Å². The molecular formula is C12H25BO3. The van der Waals surface area contributed by atoms with Crippen LogP contribution in [0.4, 0.5) is 0 Å². The normalized spacial score (nSPS) is 11.9. The molecular weight excluding hydrogens is 203 g/mol. The number of unbranched alkanes of at least 4 members (excludes halogenated alkanes) is 2. The summed E-state index contributed by atoms with van der Waals surface area (Å²) < 4.78 is 16.2. The van der Waals surface area contributed by atoms with Crippen LogP contribution >= 0.6 is 0 Å². The van der Waals surface area contributed by atoms with Crippen molar-refractivity contribution >= 4 is 8.05 Å². The van der Waals surface area contributed by atoms with Crippen LogP contribution in [0.2, 0.25) is 0 Å². The third-order valence-corrected chi connectivity index (χ3v) is 2.38. The standard InChI is InChI=1S/C12H25BO3/c1-4-7-10-14-12(16-13,9-6-3)15-11-8-5-2/h4-11H2,1-3H3. The highest BCUT2D eigenvalue weighted by atomic mass is 16.9. The smallest absolute Gasteiger partial charge is 0.289 e. The first-order valence-electron chi connectivity index (χ1n) is 6.40. The first-order valence-corrected chi connectivity index (χ1v) is 6.40. The number of rotatable bonds is 11. The van der Waals surface area contributed by atoms with E-state index < -0.39 is 5.97 Å². The second-order valence-electron chi connectivity index (χ2n) is 3.95. The first kappa shape index (κ1) is 15.9. The van der Waals surface area contributed by atoms with Crippen LogP contribution in [-0.2, 0) is 14.1 Å². The highest BCUT2D eigenvalue weighted by Crippen LogP contribution is 2.21. The Morgan fingerprint density at radius 1 is 0.875 bits per heavy atom. The van der Waals surface area contributed by atoms with Crippen LogP contribution in [0, 0.1) is 0 Å². The molecule has 0 spiro atoms. The summed E-state index contributed by atoms with van der Waals surface area (Å²) in [7, 11) is 5.31. The summed E-state index contributed by atoms with van der Waals surface area (Å²) in [5.74, 6) is -1.03. The molecule has 0 aliphatic rings. The molecule has 94 valence electrons. The fraction of sp³-hybridized carbons (Fsp3) is 1.00. The molecule has 0 rings (SSSR count). The maximum Gasteiger partial charge on any atom is 0.289 e. The molecule has 0 bridgehead atoms.